The lowest BCUT2D eigenvalue weighted by Crippen LogP contribution is -2.33. The molecule has 2 rings (SSSR count). The highest BCUT2D eigenvalue weighted by Crippen LogP contribution is 2.07. The van der Waals surface area contributed by atoms with E-state index in [2.05, 4.69) is 0 Å². The molecule has 1 aliphatic rings. The number of ether oxygens (including phenoxy) is 7. The van der Waals surface area contributed by atoms with Crippen molar-refractivity contribution in [3.63, 3.8) is 0 Å². The van der Waals surface area contributed by atoms with E-state index in [1.54, 1.807) is 0 Å². The Kier molecular flexibility index (Phi) is 15.6. The second-order valence-electron chi connectivity index (χ2n) is 7.00. The van der Waals surface area contributed by atoms with Crippen LogP contribution in [0.3, 0.4) is 0 Å². The lowest BCUT2D eigenvalue weighted by atomic mass is 10.3. The molecule has 1 aromatic rings. The van der Waals surface area contributed by atoms with Crippen LogP contribution in [0.25, 0.3) is 0 Å². The van der Waals surface area contributed by atoms with Crippen LogP contribution in [-0.2, 0) is 38.0 Å². The molecule has 1 aromatic carbocycles. The summed E-state index contributed by atoms with van der Waals surface area (Å²) in [5.41, 5.74) is 0. The Morgan fingerprint density at radius 1 is 0.500 bits per heavy atom. The summed E-state index contributed by atoms with van der Waals surface area (Å²) in [7, 11) is 0. The molecule has 10 nitrogen and oxygen atoms in total. The molecule has 34 heavy (non-hydrogen) atoms. The molecular weight excluding hydrogens is 446 g/mol. The molecule has 0 bridgehead atoms. The largest absolute Gasteiger partial charge is 0.491 e. The van der Waals surface area contributed by atoms with Gasteiger partial charge in [-0.2, -0.15) is 0 Å². The highest BCUT2D eigenvalue weighted by molar-refractivity contribution is 6.12. The van der Waals surface area contributed by atoms with Gasteiger partial charge in [0.25, 0.3) is 11.8 Å². The molecule has 0 spiro atoms. The monoisotopic (exact) mass is 481 g/mol. The van der Waals surface area contributed by atoms with Gasteiger partial charge in [0, 0.05) is 12.2 Å². The van der Waals surface area contributed by atoms with Gasteiger partial charge < -0.3 is 33.2 Å². The fourth-order valence-corrected chi connectivity index (χ4v) is 2.74. The molecule has 190 valence electrons. The van der Waals surface area contributed by atoms with Crippen molar-refractivity contribution < 1.29 is 42.7 Å². The van der Waals surface area contributed by atoms with E-state index in [0.29, 0.717) is 79.3 Å². The van der Waals surface area contributed by atoms with E-state index in [0.717, 1.165) is 10.6 Å². The summed E-state index contributed by atoms with van der Waals surface area (Å²) < 4.78 is 38.0. The van der Waals surface area contributed by atoms with Crippen LogP contribution >= 0.6 is 0 Å². The molecular formula is C24H35NO9. The van der Waals surface area contributed by atoms with Crippen molar-refractivity contribution in [3.05, 3.63) is 42.5 Å². The maximum atomic E-state index is 11.4. The first-order valence-corrected chi connectivity index (χ1v) is 11.4. The van der Waals surface area contributed by atoms with Crippen LogP contribution in [0.5, 0.6) is 5.75 Å². The summed E-state index contributed by atoms with van der Waals surface area (Å²) in [4.78, 5) is 23.8. The van der Waals surface area contributed by atoms with Gasteiger partial charge in [0.15, 0.2) is 0 Å². The number of para-hydroxylation sites is 1. The standard InChI is InChI=1S/C24H35NO9/c26-23-6-7-24(27)25(23)8-9-28-10-11-29-12-13-30-14-15-31-16-17-32-18-19-33-20-21-34-22-4-2-1-3-5-22/h1-7H,8-21H2. The molecule has 0 saturated carbocycles. The Labute approximate surface area is 200 Å². The molecule has 1 aliphatic heterocycles. The quantitative estimate of drug-likeness (QED) is 0.178. The van der Waals surface area contributed by atoms with Crippen LogP contribution < -0.4 is 4.74 Å². The van der Waals surface area contributed by atoms with Crippen molar-refractivity contribution in [2.75, 3.05) is 92.4 Å². The number of carbonyl (C=O) groups excluding carboxylic acids is 2. The first kappa shape index (κ1) is 27.9. The number of carbonyl (C=O) groups is 2. The normalized spacial score (nSPS) is 13.2. The fourth-order valence-electron chi connectivity index (χ4n) is 2.74. The molecule has 0 radical (unpaired) electrons. The van der Waals surface area contributed by atoms with Gasteiger partial charge in [-0.3, -0.25) is 14.5 Å². The third-order valence-corrected chi connectivity index (χ3v) is 4.46. The molecule has 2 amide bonds. The average molecular weight is 482 g/mol. The second kappa shape index (κ2) is 19.0. The number of rotatable bonds is 22. The van der Waals surface area contributed by atoms with Crippen molar-refractivity contribution in [1.29, 1.82) is 0 Å². The number of benzene rings is 1. The van der Waals surface area contributed by atoms with Crippen molar-refractivity contribution in [3.8, 4) is 5.75 Å². The summed E-state index contributed by atoms with van der Waals surface area (Å²) in [6, 6.07) is 9.63. The van der Waals surface area contributed by atoms with E-state index in [4.69, 9.17) is 33.2 Å². The van der Waals surface area contributed by atoms with Gasteiger partial charge in [-0.05, 0) is 12.1 Å². The zero-order chi connectivity index (χ0) is 24.1. The Hall–Kier alpha value is -2.34. The summed E-state index contributed by atoms with van der Waals surface area (Å²) in [5, 5.41) is 0. The molecule has 0 aliphatic carbocycles. The zero-order valence-corrected chi connectivity index (χ0v) is 19.6. The number of amides is 2. The van der Waals surface area contributed by atoms with Crippen molar-refractivity contribution in [2.24, 2.45) is 0 Å². The first-order chi connectivity index (χ1) is 16.8. The van der Waals surface area contributed by atoms with Gasteiger partial charge in [-0.25, -0.2) is 0 Å². The molecule has 0 atom stereocenters. The van der Waals surface area contributed by atoms with E-state index in [1.165, 1.54) is 12.2 Å². The van der Waals surface area contributed by atoms with E-state index >= 15 is 0 Å². The van der Waals surface area contributed by atoms with Crippen molar-refractivity contribution in [1.82, 2.24) is 4.90 Å². The molecule has 10 heteroatoms. The molecule has 0 N–H and O–H groups in total. The lowest BCUT2D eigenvalue weighted by Gasteiger charge is -2.13. The van der Waals surface area contributed by atoms with Gasteiger partial charge >= 0.3 is 0 Å². The number of nitrogens with zero attached hydrogens (tertiary/aromatic N) is 1. The Balaban J connectivity index is 1.21. The predicted molar refractivity (Wildman–Crippen MR) is 123 cm³/mol. The van der Waals surface area contributed by atoms with Gasteiger partial charge in [-0.1, -0.05) is 18.2 Å². The minimum atomic E-state index is -0.301. The van der Waals surface area contributed by atoms with E-state index in [-0.39, 0.29) is 25.0 Å². The Morgan fingerprint density at radius 3 is 1.32 bits per heavy atom. The highest BCUT2D eigenvalue weighted by Gasteiger charge is 2.22. The van der Waals surface area contributed by atoms with E-state index in [1.807, 2.05) is 30.3 Å². The Bertz CT molecular complexity index is 681. The van der Waals surface area contributed by atoms with Gasteiger partial charge in [0.2, 0.25) is 0 Å². The third kappa shape index (κ3) is 13.4. The average Bonchev–Trinajstić information content (AvgIpc) is 3.17. The van der Waals surface area contributed by atoms with Crippen LogP contribution in [0.15, 0.2) is 42.5 Å². The summed E-state index contributed by atoms with van der Waals surface area (Å²) in [6.07, 6.45) is 2.51. The van der Waals surface area contributed by atoms with Gasteiger partial charge in [0.1, 0.15) is 12.4 Å². The van der Waals surface area contributed by atoms with Crippen molar-refractivity contribution in [2.45, 2.75) is 0 Å². The van der Waals surface area contributed by atoms with Gasteiger partial charge in [0.05, 0.1) is 85.8 Å². The maximum Gasteiger partial charge on any atom is 0.253 e. The molecule has 0 saturated heterocycles. The molecule has 1 heterocycles. The summed E-state index contributed by atoms with van der Waals surface area (Å²) in [5.74, 6) is 0.234. The minimum absolute atomic E-state index is 0.247. The summed E-state index contributed by atoms with van der Waals surface area (Å²) in [6.45, 7) is 6.29. The van der Waals surface area contributed by atoms with Crippen LogP contribution in [0.1, 0.15) is 0 Å². The van der Waals surface area contributed by atoms with E-state index < -0.39 is 0 Å². The lowest BCUT2D eigenvalue weighted by molar-refractivity contribution is -0.137. The number of hydrogen-bond acceptors (Lipinski definition) is 9. The van der Waals surface area contributed by atoms with Crippen LogP contribution in [-0.4, -0.2) is 109 Å². The third-order valence-electron chi connectivity index (χ3n) is 4.46. The van der Waals surface area contributed by atoms with Gasteiger partial charge in [-0.15, -0.1) is 0 Å². The van der Waals surface area contributed by atoms with Crippen molar-refractivity contribution >= 4 is 11.8 Å². The van der Waals surface area contributed by atoms with Crippen LogP contribution in [0.2, 0.25) is 0 Å². The topological polar surface area (TPSA) is 102 Å². The first-order valence-electron chi connectivity index (χ1n) is 11.4. The van der Waals surface area contributed by atoms with Crippen LogP contribution in [0, 0.1) is 0 Å². The molecule has 0 unspecified atom stereocenters. The zero-order valence-electron chi connectivity index (χ0n) is 19.6. The molecule has 0 aromatic heterocycles. The predicted octanol–water partition coefficient (Wildman–Crippen LogP) is 1.09. The highest BCUT2D eigenvalue weighted by atomic mass is 16.6. The number of hydrogen-bond donors (Lipinski definition) is 0. The summed E-state index contributed by atoms with van der Waals surface area (Å²) >= 11 is 0. The molecule has 0 fully saturated rings. The smallest absolute Gasteiger partial charge is 0.253 e. The second-order valence-corrected chi connectivity index (χ2v) is 7.00. The number of imide groups is 1. The fraction of sp³-hybridized carbons (Fsp3) is 0.583. The van der Waals surface area contributed by atoms with Crippen LogP contribution in [0.4, 0.5) is 0 Å². The minimum Gasteiger partial charge on any atom is -0.491 e. The Morgan fingerprint density at radius 2 is 0.882 bits per heavy atom. The SMILES string of the molecule is O=C1C=CC(=O)N1CCOCCOCCOCCOCCOCCOCCOc1ccccc1. The van der Waals surface area contributed by atoms with E-state index in [9.17, 15) is 9.59 Å². The maximum absolute atomic E-state index is 11.4.